The summed E-state index contributed by atoms with van der Waals surface area (Å²) in [6, 6.07) is 3.60. The van der Waals surface area contributed by atoms with Crippen LogP contribution in [-0.2, 0) is 16.0 Å². The molecule has 5 heteroatoms. The monoisotopic (exact) mass is 269 g/mol. The van der Waals surface area contributed by atoms with E-state index in [-0.39, 0.29) is 24.3 Å². The second-order valence-electron chi connectivity index (χ2n) is 4.90. The van der Waals surface area contributed by atoms with E-state index in [1.807, 2.05) is 0 Å². The van der Waals surface area contributed by atoms with Crippen LogP contribution >= 0.6 is 0 Å². The highest BCUT2D eigenvalue weighted by atomic mass is 19.1. The second-order valence-corrected chi connectivity index (χ2v) is 4.90. The fraction of sp³-hybridized carbons (Fsp3) is 0.500. The van der Waals surface area contributed by atoms with Crippen LogP contribution in [0.5, 0.6) is 0 Å². The normalized spacial score (nSPS) is 18.3. The molecule has 1 aromatic carbocycles. The summed E-state index contributed by atoms with van der Waals surface area (Å²) >= 11 is 0. The molecule has 104 valence electrons. The lowest BCUT2D eigenvalue weighted by Gasteiger charge is -2.34. The van der Waals surface area contributed by atoms with Crippen molar-refractivity contribution in [3.63, 3.8) is 0 Å². The van der Waals surface area contributed by atoms with Crippen LogP contribution in [0.25, 0.3) is 0 Å². The summed E-state index contributed by atoms with van der Waals surface area (Å²) in [5, 5.41) is 0. The summed E-state index contributed by atoms with van der Waals surface area (Å²) in [4.78, 5) is 12.4. The number of benzene rings is 1. The third kappa shape index (κ3) is 2.82. The van der Waals surface area contributed by atoms with Crippen molar-refractivity contribution in [3.05, 3.63) is 35.4 Å². The zero-order valence-corrected chi connectivity index (χ0v) is 10.6. The molecule has 3 nitrogen and oxygen atoms in total. The molecule has 1 fully saturated rings. The molecule has 0 aliphatic carbocycles. The Bertz CT molecular complexity index is 450. The molecular weight excluding hydrogens is 252 g/mol. The molecule has 2 rings (SSSR count). The van der Waals surface area contributed by atoms with Crippen molar-refractivity contribution in [2.24, 2.45) is 11.1 Å². The van der Waals surface area contributed by atoms with Gasteiger partial charge >= 0.3 is 0 Å². The largest absolute Gasteiger partial charge is 0.381 e. The number of carbonyl (C=O) groups is 1. The summed E-state index contributed by atoms with van der Waals surface area (Å²) in [6.45, 7) is 1.11. The van der Waals surface area contributed by atoms with Gasteiger partial charge in [-0.3, -0.25) is 4.79 Å². The number of hydrogen-bond acceptors (Lipinski definition) is 3. The average Bonchev–Trinajstić information content (AvgIpc) is 2.43. The molecular formula is C14H17F2NO2. The number of hydrogen-bond donors (Lipinski definition) is 1. The quantitative estimate of drug-likeness (QED) is 0.907. The highest BCUT2D eigenvalue weighted by Gasteiger charge is 2.38. The van der Waals surface area contributed by atoms with E-state index in [0.717, 1.165) is 12.1 Å². The number of rotatable bonds is 4. The molecule has 19 heavy (non-hydrogen) atoms. The first-order valence-corrected chi connectivity index (χ1v) is 6.33. The summed E-state index contributed by atoms with van der Waals surface area (Å²) in [5.74, 6) is -1.58. The molecule has 0 atom stereocenters. The zero-order chi connectivity index (χ0) is 13.9. The molecule has 1 saturated heterocycles. The molecule has 2 N–H and O–H groups in total. The van der Waals surface area contributed by atoms with Gasteiger partial charge in [0.05, 0.1) is 0 Å². The van der Waals surface area contributed by atoms with Crippen LogP contribution < -0.4 is 5.73 Å². The highest BCUT2D eigenvalue weighted by molar-refractivity contribution is 5.87. The maximum atomic E-state index is 13.6. The number of halogens is 2. The SMILES string of the molecule is NCC1(C(=O)Cc2c(F)cccc2F)CCOCC1. The molecule has 0 spiro atoms. The van der Waals surface area contributed by atoms with Gasteiger partial charge in [-0.1, -0.05) is 6.07 Å². The molecule has 0 aromatic heterocycles. The minimum atomic E-state index is -0.701. The average molecular weight is 269 g/mol. The van der Waals surface area contributed by atoms with Gasteiger partial charge in [0.2, 0.25) is 0 Å². The summed E-state index contributed by atoms with van der Waals surface area (Å²) in [6.07, 6.45) is 0.770. The molecule has 0 amide bonds. The second kappa shape index (κ2) is 5.75. The maximum Gasteiger partial charge on any atom is 0.145 e. The van der Waals surface area contributed by atoms with Crippen LogP contribution in [0.2, 0.25) is 0 Å². The van der Waals surface area contributed by atoms with Crippen LogP contribution in [0.15, 0.2) is 18.2 Å². The molecule has 0 unspecified atom stereocenters. The summed E-state index contributed by atoms with van der Waals surface area (Å²) in [7, 11) is 0. The predicted octanol–water partition coefficient (Wildman–Crippen LogP) is 1.83. The van der Waals surface area contributed by atoms with Gasteiger partial charge < -0.3 is 10.5 Å². The molecule has 0 bridgehead atoms. The molecule has 0 radical (unpaired) electrons. The third-order valence-electron chi connectivity index (χ3n) is 3.83. The van der Waals surface area contributed by atoms with Crippen LogP contribution in [-0.4, -0.2) is 25.5 Å². The molecule has 1 aromatic rings. The minimum absolute atomic E-state index is 0.174. The number of Topliss-reactive ketones (excluding diaryl/α,β-unsaturated/α-hetero) is 1. The predicted molar refractivity (Wildman–Crippen MR) is 66.6 cm³/mol. The Morgan fingerprint density at radius 3 is 2.37 bits per heavy atom. The zero-order valence-electron chi connectivity index (χ0n) is 10.6. The van der Waals surface area contributed by atoms with Crippen LogP contribution in [0.3, 0.4) is 0 Å². The fourth-order valence-corrected chi connectivity index (χ4v) is 2.41. The van der Waals surface area contributed by atoms with E-state index < -0.39 is 17.0 Å². The Hall–Kier alpha value is -1.33. The van der Waals surface area contributed by atoms with Gasteiger partial charge in [0.1, 0.15) is 17.4 Å². The Kier molecular flexibility index (Phi) is 4.27. The number of nitrogens with two attached hydrogens (primary N) is 1. The van der Waals surface area contributed by atoms with Crippen molar-refractivity contribution >= 4 is 5.78 Å². The first-order chi connectivity index (χ1) is 9.09. The number of carbonyl (C=O) groups excluding carboxylic acids is 1. The van der Waals surface area contributed by atoms with Gasteiger partial charge in [0, 0.05) is 37.2 Å². The van der Waals surface area contributed by atoms with Gasteiger partial charge in [-0.2, -0.15) is 0 Å². The lowest BCUT2D eigenvalue weighted by atomic mass is 9.74. The van der Waals surface area contributed by atoms with Crippen molar-refractivity contribution in [1.29, 1.82) is 0 Å². The first-order valence-electron chi connectivity index (χ1n) is 6.33. The summed E-state index contributed by atoms with van der Waals surface area (Å²) in [5.41, 5.74) is 4.83. The van der Waals surface area contributed by atoms with Crippen LogP contribution in [0.1, 0.15) is 18.4 Å². The maximum absolute atomic E-state index is 13.6. The molecule has 1 heterocycles. The number of ether oxygens (including phenoxy) is 1. The van der Waals surface area contributed by atoms with Crippen molar-refractivity contribution in [1.82, 2.24) is 0 Å². The lowest BCUT2D eigenvalue weighted by Crippen LogP contribution is -2.44. The minimum Gasteiger partial charge on any atom is -0.381 e. The van der Waals surface area contributed by atoms with Gasteiger partial charge in [-0.25, -0.2) is 8.78 Å². The van der Waals surface area contributed by atoms with Crippen LogP contribution in [0.4, 0.5) is 8.78 Å². The van der Waals surface area contributed by atoms with E-state index >= 15 is 0 Å². The van der Waals surface area contributed by atoms with E-state index in [1.54, 1.807) is 0 Å². The highest BCUT2D eigenvalue weighted by Crippen LogP contribution is 2.32. The molecule has 1 aliphatic heterocycles. The smallest absolute Gasteiger partial charge is 0.145 e. The van der Waals surface area contributed by atoms with Crippen molar-refractivity contribution in [2.45, 2.75) is 19.3 Å². The van der Waals surface area contributed by atoms with Gasteiger partial charge in [-0.15, -0.1) is 0 Å². The van der Waals surface area contributed by atoms with Crippen molar-refractivity contribution in [2.75, 3.05) is 19.8 Å². The van der Waals surface area contributed by atoms with Crippen molar-refractivity contribution in [3.8, 4) is 0 Å². The van der Waals surface area contributed by atoms with E-state index in [9.17, 15) is 13.6 Å². The van der Waals surface area contributed by atoms with Gasteiger partial charge in [0.15, 0.2) is 0 Å². The fourth-order valence-electron chi connectivity index (χ4n) is 2.41. The molecule has 1 aliphatic rings. The first kappa shape index (κ1) is 14.1. The van der Waals surface area contributed by atoms with Crippen molar-refractivity contribution < 1.29 is 18.3 Å². The summed E-state index contributed by atoms with van der Waals surface area (Å²) < 4.78 is 32.3. The number of ketones is 1. The Labute approximate surface area is 110 Å². The van der Waals surface area contributed by atoms with E-state index in [2.05, 4.69) is 0 Å². The third-order valence-corrected chi connectivity index (χ3v) is 3.83. The van der Waals surface area contributed by atoms with E-state index in [1.165, 1.54) is 6.07 Å². The van der Waals surface area contributed by atoms with E-state index in [4.69, 9.17) is 10.5 Å². The van der Waals surface area contributed by atoms with Gasteiger partial charge in [0.25, 0.3) is 0 Å². The van der Waals surface area contributed by atoms with Crippen LogP contribution in [0, 0.1) is 17.0 Å². The standard InChI is InChI=1S/C14H17F2NO2/c15-11-2-1-3-12(16)10(11)8-13(18)14(9-17)4-6-19-7-5-14/h1-3H,4-9,17H2. The lowest BCUT2D eigenvalue weighted by molar-refractivity contribution is -0.133. The Morgan fingerprint density at radius 2 is 1.84 bits per heavy atom. The topological polar surface area (TPSA) is 52.3 Å². The Morgan fingerprint density at radius 1 is 1.26 bits per heavy atom. The molecule has 0 saturated carbocycles. The van der Waals surface area contributed by atoms with E-state index in [0.29, 0.717) is 26.1 Å². The van der Waals surface area contributed by atoms with Gasteiger partial charge in [-0.05, 0) is 25.0 Å². The Balaban J connectivity index is 2.20.